The summed E-state index contributed by atoms with van der Waals surface area (Å²) in [5.41, 5.74) is 5.82. The van der Waals surface area contributed by atoms with Gasteiger partial charge in [-0.3, -0.25) is 10.2 Å². The van der Waals surface area contributed by atoms with Crippen molar-refractivity contribution in [3.8, 4) is 0 Å². The summed E-state index contributed by atoms with van der Waals surface area (Å²) in [4.78, 5) is 11.6. The van der Waals surface area contributed by atoms with Gasteiger partial charge in [-0.25, -0.2) is 13.8 Å². The number of nitrogens with one attached hydrogen (secondary N) is 2. The Kier molecular flexibility index (Phi) is 3.44. The molecule has 0 saturated carbocycles. The molecule has 1 amide bonds. The molecule has 1 aromatic carbocycles. The molecule has 2 N–H and O–H groups in total. The van der Waals surface area contributed by atoms with Gasteiger partial charge in [0, 0.05) is 11.6 Å². The van der Waals surface area contributed by atoms with Gasteiger partial charge in [0.05, 0.1) is 11.5 Å². The molecule has 1 fully saturated rings. The van der Waals surface area contributed by atoms with Crippen molar-refractivity contribution in [1.82, 2.24) is 10.9 Å². The molecule has 2 rings (SSSR count). The highest BCUT2D eigenvalue weighted by atomic mass is 32.2. The van der Waals surface area contributed by atoms with E-state index >= 15 is 0 Å². The van der Waals surface area contributed by atoms with E-state index in [0.717, 1.165) is 0 Å². The second-order valence-electron chi connectivity index (χ2n) is 4.06. The zero-order chi connectivity index (χ0) is 12.3. The molecular weight excluding hydrogens is 240 g/mol. The molecule has 1 aromatic rings. The van der Waals surface area contributed by atoms with Crippen LogP contribution < -0.4 is 10.9 Å². The van der Waals surface area contributed by atoms with E-state index in [2.05, 4.69) is 10.9 Å². The molecule has 92 valence electrons. The van der Waals surface area contributed by atoms with Crippen LogP contribution in [-0.2, 0) is 9.84 Å². The van der Waals surface area contributed by atoms with E-state index in [1.165, 1.54) is 0 Å². The molecule has 0 radical (unpaired) electrons. The first-order chi connectivity index (χ1) is 8.07. The molecular formula is C11H14N2O3S. The fraction of sp³-hybridized carbons (Fsp3) is 0.364. The molecule has 6 heteroatoms. The minimum atomic E-state index is -2.92. The Labute approximate surface area is 100 Å². The number of hydrogen-bond donors (Lipinski definition) is 2. The third-order valence-electron chi connectivity index (χ3n) is 2.66. The van der Waals surface area contributed by atoms with Crippen LogP contribution >= 0.6 is 0 Å². The van der Waals surface area contributed by atoms with Crippen LogP contribution in [0.2, 0.25) is 0 Å². The van der Waals surface area contributed by atoms with Gasteiger partial charge in [-0.1, -0.05) is 18.2 Å². The van der Waals surface area contributed by atoms with Gasteiger partial charge in [0.2, 0.25) is 0 Å². The van der Waals surface area contributed by atoms with Gasteiger partial charge in [-0.05, 0) is 18.6 Å². The first-order valence-corrected chi connectivity index (χ1v) is 7.20. The smallest absolute Gasteiger partial charge is 0.265 e. The van der Waals surface area contributed by atoms with E-state index in [1.807, 2.05) is 6.07 Å². The quantitative estimate of drug-likeness (QED) is 0.751. The summed E-state index contributed by atoms with van der Waals surface area (Å²) < 4.78 is 22.4. The fourth-order valence-electron chi connectivity index (χ4n) is 1.74. The molecule has 0 spiro atoms. The van der Waals surface area contributed by atoms with Crippen molar-refractivity contribution in [3.05, 3.63) is 35.9 Å². The highest BCUT2D eigenvalue weighted by molar-refractivity contribution is 7.91. The van der Waals surface area contributed by atoms with Crippen LogP contribution in [0.1, 0.15) is 16.8 Å². The molecule has 1 aliphatic rings. The zero-order valence-corrected chi connectivity index (χ0v) is 10.0. The molecule has 0 bridgehead atoms. The molecule has 1 aliphatic heterocycles. The Balaban J connectivity index is 1.86. The minimum absolute atomic E-state index is 0.0854. The van der Waals surface area contributed by atoms with Crippen LogP contribution in [0, 0.1) is 0 Å². The molecule has 5 nitrogen and oxygen atoms in total. The molecule has 0 aromatic heterocycles. The summed E-state index contributed by atoms with van der Waals surface area (Å²) in [7, 11) is -2.92. The first kappa shape index (κ1) is 12.1. The average Bonchev–Trinajstić information content (AvgIpc) is 2.67. The molecule has 17 heavy (non-hydrogen) atoms. The predicted octanol–water partition coefficient (Wildman–Crippen LogP) is 0.108. The SMILES string of the molecule is O=C(NNC1CCS(=O)(=O)C1)c1ccccc1. The van der Waals surface area contributed by atoms with Crippen LogP contribution in [-0.4, -0.2) is 31.9 Å². The van der Waals surface area contributed by atoms with Crippen molar-refractivity contribution in [2.24, 2.45) is 0 Å². The van der Waals surface area contributed by atoms with Gasteiger partial charge in [-0.15, -0.1) is 0 Å². The highest BCUT2D eigenvalue weighted by Crippen LogP contribution is 2.10. The number of amides is 1. The molecule has 1 unspecified atom stereocenters. The fourth-order valence-corrected chi connectivity index (χ4v) is 3.41. The lowest BCUT2D eigenvalue weighted by Crippen LogP contribution is -2.44. The second-order valence-corrected chi connectivity index (χ2v) is 6.29. The van der Waals surface area contributed by atoms with Gasteiger partial charge in [0.25, 0.3) is 5.91 Å². The lowest BCUT2D eigenvalue weighted by Gasteiger charge is -2.11. The van der Waals surface area contributed by atoms with E-state index in [4.69, 9.17) is 0 Å². The standard InChI is InChI=1S/C11H14N2O3S/c14-11(9-4-2-1-3-5-9)13-12-10-6-7-17(15,16)8-10/h1-5,10,12H,6-8H2,(H,13,14). The van der Waals surface area contributed by atoms with Crippen LogP contribution in [0.15, 0.2) is 30.3 Å². The van der Waals surface area contributed by atoms with Gasteiger partial charge in [0.15, 0.2) is 9.84 Å². The summed E-state index contributed by atoms with van der Waals surface area (Å²) >= 11 is 0. The van der Waals surface area contributed by atoms with Crippen LogP contribution in [0.3, 0.4) is 0 Å². The summed E-state index contributed by atoms with van der Waals surface area (Å²) in [6.07, 6.45) is 0.539. The van der Waals surface area contributed by atoms with Crippen molar-refractivity contribution in [2.75, 3.05) is 11.5 Å². The number of rotatable bonds is 3. The van der Waals surface area contributed by atoms with Gasteiger partial charge < -0.3 is 0 Å². The third-order valence-corrected chi connectivity index (χ3v) is 4.43. The van der Waals surface area contributed by atoms with E-state index in [-0.39, 0.29) is 23.5 Å². The maximum absolute atomic E-state index is 11.6. The Morgan fingerprint density at radius 3 is 2.53 bits per heavy atom. The Bertz CT molecular complexity index is 499. The monoisotopic (exact) mass is 254 g/mol. The van der Waals surface area contributed by atoms with E-state index in [0.29, 0.717) is 12.0 Å². The minimum Gasteiger partial charge on any atom is -0.287 e. The Morgan fingerprint density at radius 2 is 1.94 bits per heavy atom. The topological polar surface area (TPSA) is 75.3 Å². The summed E-state index contributed by atoms with van der Waals surface area (Å²) in [5.74, 6) is 0.0170. The third kappa shape index (κ3) is 3.28. The van der Waals surface area contributed by atoms with E-state index in [1.54, 1.807) is 24.3 Å². The van der Waals surface area contributed by atoms with Crippen molar-refractivity contribution < 1.29 is 13.2 Å². The zero-order valence-electron chi connectivity index (χ0n) is 9.22. The normalized spacial score (nSPS) is 22.2. The van der Waals surface area contributed by atoms with Crippen LogP contribution in [0.5, 0.6) is 0 Å². The average molecular weight is 254 g/mol. The maximum atomic E-state index is 11.6. The van der Waals surface area contributed by atoms with Gasteiger partial charge in [-0.2, -0.15) is 0 Å². The number of hydrazine groups is 1. The number of carbonyl (C=O) groups is 1. The Morgan fingerprint density at radius 1 is 1.24 bits per heavy atom. The van der Waals surface area contributed by atoms with Crippen LogP contribution in [0.25, 0.3) is 0 Å². The largest absolute Gasteiger partial charge is 0.287 e. The maximum Gasteiger partial charge on any atom is 0.265 e. The van der Waals surface area contributed by atoms with E-state index < -0.39 is 9.84 Å². The molecule has 1 heterocycles. The van der Waals surface area contributed by atoms with E-state index in [9.17, 15) is 13.2 Å². The lowest BCUT2D eigenvalue weighted by molar-refractivity contribution is 0.0927. The highest BCUT2D eigenvalue weighted by Gasteiger charge is 2.27. The number of benzene rings is 1. The van der Waals surface area contributed by atoms with Crippen molar-refractivity contribution in [2.45, 2.75) is 12.5 Å². The first-order valence-electron chi connectivity index (χ1n) is 5.38. The second kappa shape index (κ2) is 4.85. The molecule has 1 atom stereocenters. The summed E-state index contributed by atoms with van der Waals surface area (Å²) in [5, 5.41) is 0. The molecule has 0 aliphatic carbocycles. The van der Waals surface area contributed by atoms with Gasteiger partial charge >= 0.3 is 0 Å². The molecule has 1 saturated heterocycles. The van der Waals surface area contributed by atoms with Crippen LogP contribution in [0.4, 0.5) is 0 Å². The summed E-state index contributed by atoms with van der Waals surface area (Å²) in [6, 6.07) is 8.58. The summed E-state index contributed by atoms with van der Waals surface area (Å²) in [6.45, 7) is 0. The van der Waals surface area contributed by atoms with Crippen molar-refractivity contribution >= 4 is 15.7 Å². The lowest BCUT2D eigenvalue weighted by atomic mass is 10.2. The predicted molar refractivity (Wildman–Crippen MR) is 64.1 cm³/mol. The Hall–Kier alpha value is -1.40. The van der Waals surface area contributed by atoms with Crippen molar-refractivity contribution in [1.29, 1.82) is 0 Å². The number of carbonyl (C=O) groups excluding carboxylic acids is 1. The number of sulfone groups is 1. The number of hydrogen-bond acceptors (Lipinski definition) is 4. The van der Waals surface area contributed by atoms with Crippen molar-refractivity contribution in [3.63, 3.8) is 0 Å². The van der Waals surface area contributed by atoms with Gasteiger partial charge in [0.1, 0.15) is 0 Å².